The van der Waals surface area contributed by atoms with Gasteiger partial charge in [0.25, 0.3) is 0 Å². The Morgan fingerprint density at radius 3 is 2.48 bits per heavy atom. The maximum Gasteiger partial charge on any atom is 0.231 e. The highest BCUT2D eigenvalue weighted by Crippen LogP contribution is 2.27. The SMILES string of the molecule is Cc1ccc(Nc2cncc(Cc3ccnc(NS(C)(=O)=O)c3F)c2C)c(F)c1. The minimum absolute atomic E-state index is 0.164. The molecule has 3 rings (SSSR count). The molecular weight excluding hydrogens is 398 g/mol. The lowest BCUT2D eigenvalue weighted by molar-refractivity contribution is 0.599. The first-order valence-electron chi connectivity index (χ1n) is 8.72. The van der Waals surface area contributed by atoms with Gasteiger partial charge in [0, 0.05) is 18.8 Å². The Bertz CT molecular complexity index is 1170. The number of halogens is 2. The molecule has 0 fully saturated rings. The third-order valence-electron chi connectivity index (χ3n) is 4.35. The second kappa shape index (κ2) is 8.12. The van der Waals surface area contributed by atoms with E-state index in [1.54, 1.807) is 31.5 Å². The van der Waals surface area contributed by atoms with Gasteiger partial charge in [-0.3, -0.25) is 9.71 Å². The molecule has 0 aliphatic rings. The molecule has 29 heavy (non-hydrogen) atoms. The van der Waals surface area contributed by atoms with E-state index >= 15 is 0 Å². The zero-order chi connectivity index (χ0) is 21.2. The highest BCUT2D eigenvalue weighted by Gasteiger charge is 2.15. The van der Waals surface area contributed by atoms with Crippen LogP contribution >= 0.6 is 0 Å². The van der Waals surface area contributed by atoms with E-state index in [1.807, 2.05) is 6.92 Å². The van der Waals surface area contributed by atoms with Crippen LogP contribution in [-0.4, -0.2) is 24.6 Å². The van der Waals surface area contributed by atoms with Crippen molar-refractivity contribution in [1.29, 1.82) is 0 Å². The largest absolute Gasteiger partial charge is 0.352 e. The molecule has 0 aliphatic carbocycles. The van der Waals surface area contributed by atoms with Crippen molar-refractivity contribution in [2.24, 2.45) is 0 Å². The molecule has 6 nitrogen and oxygen atoms in total. The zero-order valence-electron chi connectivity index (χ0n) is 16.1. The fourth-order valence-electron chi connectivity index (χ4n) is 2.81. The molecule has 0 amide bonds. The van der Waals surface area contributed by atoms with Gasteiger partial charge >= 0.3 is 0 Å². The Morgan fingerprint density at radius 2 is 1.79 bits per heavy atom. The first-order valence-corrected chi connectivity index (χ1v) is 10.6. The van der Waals surface area contributed by atoms with Crippen LogP contribution in [0.5, 0.6) is 0 Å². The molecule has 1 aromatic carbocycles. The first kappa shape index (κ1) is 20.7. The molecule has 0 unspecified atom stereocenters. The molecule has 0 atom stereocenters. The fourth-order valence-corrected chi connectivity index (χ4v) is 3.30. The van der Waals surface area contributed by atoms with Gasteiger partial charge < -0.3 is 5.32 Å². The molecule has 0 saturated heterocycles. The molecule has 0 radical (unpaired) electrons. The lowest BCUT2D eigenvalue weighted by Gasteiger charge is -2.14. The topological polar surface area (TPSA) is 84.0 Å². The van der Waals surface area contributed by atoms with Crippen molar-refractivity contribution in [2.75, 3.05) is 16.3 Å². The van der Waals surface area contributed by atoms with E-state index in [9.17, 15) is 17.2 Å². The lowest BCUT2D eigenvalue weighted by Crippen LogP contribution is -2.13. The molecule has 0 bridgehead atoms. The Hall–Kier alpha value is -3.07. The van der Waals surface area contributed by atoms with Crippen LogP contribution in [-0.2, 0) is 16.4 Å². The van der Waals surface area contributed by atoms with Crippen LogP contribution < -0.4 is 10.0 Å². The molecule has 2 aromatic heterocycles. The predicted molar refractivity (Wildman–Crippen MR) is 109 cm³/mol. The smallest absolute Gasteiger partial charge is 0.231 e. The number of benzene rings is 1. The number of anilines is 3. The van der Waals surface area contributed by atoms with E-state index in [4.69, 9.17) is 0 Å². The maximum atomic E-state index is 14.7. The number of nitrogens with one attached hydrogen (secondary N) is 2. The van der Waals surface area contributed by atoms with Crippen LogP contribution in [0, 0.1) is 25.5 Å². The summed E-state index contributed by atoms with van der Waals surface area (Å²) in [7, 11) is -3.66. The normalized spacial score (nSPS) is 11.3. The van der Waals surface area contributed by atoms with E-state index in [-0.39, 0.29) is 23.6 Å². The van der Waals surface area contributed by atoms with E-state index in [1.165, 1.54) is 18.3 Å². The maximum absolute atomic E-state index is 14.7. The molecule has 2 N–H and O–H groups in total. The Kier molecular flexibility index (Phi) is 5.78. The highest BCUT2D eigenvalue weighted by molar-refractivity contribution is 7.92. The Morgan fingerprint density at radius 1 is 1.03 bits per heavy atom. The fraction of sp³-hybridized carbons (Fsp3) is 0.200. The van der Waals surface area contributed by atoms with E-state index in [0.717, 1.165) is 17.4 Å². The Labute approximate surface area is 168 Å². The molecule has 9 heteroatoms. The van der Waals surface area contributed by atoms with E-state index < -0.39 is 15.8 Å². The monoisotopic (exact) mass is 418 g/mol. The van der Waals surface area contributed by atoms with Crippen molar-refractivity contribution in [3.8, 4) is 0 Å². The highest BCUT2D eigenvalue weighted by atomic mass is 32.2. The third kappa shape index (κ3) is 5.05. The summed E-state index contributed by atoms with van der Waals surface area (Å²) in [6, 6.07) is 6.34. The summed E-state index contributed by atoms with van der Waals surface area (Å²) in [5.74, 6) is -1.49. The van der Waals surface area contributed by atoms with E-state index in [0.29, 0.717) is 16.9 Å². The van der Waals surface area contributed by atoms with Crippen LogP contribution in [0.2, 0.25) is 0 Å². The third-order valence-corrected chi connectivity index (χ3v) is 4.91. The van der Waals surface area contributed by atoms with Gasteiger partial charge in [-0.2, -0.15) is 0 Å². The van der Waals surface area contributed by atoms with Crippen LogP contribution in [0.1, 0.15) is 22.3 Å². The number of rotatable bonds is 6. The van der Waals surface area contributed by atoms with Crippen LogP contribution in [0.3, 0.4) is 0 Å². The summed E-state index contributed by atoms with van der Waals surface area (Å²) < 4.78 is 53.7. The molecule has 0 aliphatic heterocycles. The Balaban J connectivity index is 1.90. The van der Waals surface area contributed by atoms with Crippen molar-refractivity contribution in [3.63, 3.8) is 0 Å². The van der Waals surface area contributed by atoms with Gasteiger partial charge in [-0.15, -0.1) is 0 Å². The van der Waals surface area contributed by atoms with Gasteiger partial charge in [-0.1, -0.05) is 6.07 Å². The van der Waals surface area contributed by atoms with Gasteiger partial charge in [-0.05, 0) is 54.3 Å². The van der Waals surface area contributed by atoms with Crippen LogP contribution in [0.25, 0.3) is 0 Å². The van der Waals surface area contributed by atoms with Gasteiger partial charge in [0.1, 0.15) is 5.82 Å². The summed E-state index contributed by atoms with van der Waals surface area (Å²) in [5, 5.41) is 3.02. The second-order valence-electron chi connectivity index (χ2n) is 6.76. The van der Waals surface area contributed by atoms with Gasteiger partial charge in [0.15, 0.2) is 11.6 Å². The summed E-state index contributed by atoms with van der Waals surface area (Å²) in [6.07, 6.45) is 5.58. The van der Waals surface area contributed by atoms with Crippen LogP contribution in [0.4, 0.5) is 26.0 Å². The second-order valence-corrected chi connectivity index (χ2v) is 8.51. The average molecular weight is 418 g/mol. The number of aromatic nitrogens is 2. The number of aryl methyl sites for hydroxylation is 1. The lowest BCUT2D eigenvalue weighted by atomic mass is 10.0. The standard InChI is InChI=1S/C20H20F2N4O2S/c1-12-4-5-17(16(21)8-12)25-18-11-23-10-15(13(18)2)9-14-6-7-24-20(19(14)22)26-29(3,27)28/h4-8,10-11,25H,9H2,1-3H3,(H,24,26). The minimum Gasteiger partial charge on any atom is -0.352 e. The summed E-state index contributed by atoms with van der Waals surface area (Å²) in [5.41, 5.74) is 3.45. The molecule has 0 spiro atoms. The van der Waals surface area contributed by atoms with Crippen molar-refractivity contribution in [3.05, 3.63) is 76.7 Å². The quantitative estimate of drug-likeness (QED) is 0.630. The molecule has 0 saturated carbocycles. The van der Waals surface area contributed by atoms with Crippen molar-refractivity contribution >= 4 is 27.2 Å². The van der Waals surface area contributed by atoms with Crippen molar-refractivity contribution in [2.45, 2.75) is 20.3 Å². The summed E-state index contributed by atoms with van der Waals surface area (Å²) in [4.78, 5) is 7.91. The van der Waals surface area contributed by atoms with Gasteiger partial charge in [0.2, 0.25) is 10.0 Å². The van der Waals surface area contributed by atoms with E-state index in [2.05, 4.69) is 20.0 Å². The minimum atomic E-state index is -3.66. The molecule has 152 valence electrons. The van der Waals surface area contributed by atoms with Crippen molar-refractivity contribution < 1.29 is 17.2 Å². The average Bonchev–Trinajstić information content (AvgIpc) is 2.62. The zero-order valence-corrected chi connectivity index (χ0v) is 16.9. The number of hydrogen-bond donors (Lipinski definition) is 2. The summed E-state index contributed by atoms with van der Waals surface area (Å²) >= 11 is 0. The number of pyridine rings is 2. The van der Waals surface area contributed by atoms with Gasteiger partial charge in [0.05, 0.1) is 23.8 Å². The number of sulfonamides is 1. The first-order chi connectivity index (χ1) is 13.6. The van der Waals surface area contributed by atoms with Crippen LogP contribution in [0.15, 0.2) is 42.9 Å². The van der Waals surface area contributed by atoms with Crippen molar-refractivity contribution in [1.82, 2.24) is 9.97 Å². The number of hydrogen-bond acceptors (Lipinski definition) is 5. The summed E-state index contributed by atoms with van der Waals surface area (Å²) in [6.45, 7) is 3.62. The molecule has 3 aromatic rings. The molecular formula is C20H20F2N4O2S. The predicted octanol–water partition coefficient (Wildman–Crippen LogP) is 4.08. The number of nitrogens with zero attached hydrogens (tertiary/aromatic N) is 2. The molecule has 2 heterocycles. The van der Waals surface area contributed by atoms with Gasteiger partial charge in [-0.25, -0.2) is 22.2 Å².